The van der Waals surface area contributed by atoms with E-state index in [4.69, 9.17) is 14.6 Å². The third-order valence-electron chi connectivity index (χ3n) is 5.74. The highest BCUT2D eigenvalue weighted by atomic mass is 19.3. The van der Waals surface area contributed by atoms with Crippen LogP contribution in [0.5, 0.6) is 17.4 Å². The molecule has 0 aliphatic carbocycles. The van der Waals surface area contributed by atoms with Gasteiger partial charge in [0.05, 0.1) is 5.69 Å². The van der Waals surface area contributed by atoms with E-state index in [9.17, 15) is 18.7 Å². The van der Waals surface area contributed by atoms with Crippen LogP contribution in [0.15, 0.2) is 48.7 Å². The van der Waals surface area contributed by atoms with Crippen molar-refractivity contribution in [3.05, 3.63) is 65.4 Å². The summed E-state index contributed by atoms with van der Waals surface area (Å²) in [6.07, 6.45) is 2.11. The first-order valence-electron chi connectivity index (χ1n) is 11.2. The fourth-order valence-corrected chi connectivity index (χ4v) is 3.94. The van der Waals surface area contributed by atoms with Gasteiger partial charge in [-0.3, -0.25) is 4.68 Å². The molecule has 2 aromatic carbocycles. The molecule has 188 valence electrons. The van der Waals surface area contributed by atoms with E-state index < -0.39 is 19.2 Å². The van der Waals surface area contributed by atoms with Gasteiger partial charge in [-0.2, -0.15) is 13.9 Å². The van der Waals surface area contributed by atoms with Crippen molar-refractivity contribution >= 4 is 16.9 Å². The molecule has 0 aliphatic rings. The highest BCUT2D eigenvalue weighted by Crippen LogP contribution is 2.39. The highest BCUT2D eigenvalue weighted by molar-refractivity contribution is 5.94. The minimum atomic E-state index is -3.12. The fraction of sp³-hybridized carbons (Fsp3) is 0.269. The number of aromatic hydroxyl groups is 1. The van der Waals surface area contributed by atoms with Crippen molar-refractivity contribution < 1.29 is 33.3 Å². The Morgan fingerprint density at radius 2 is 1.83 bits per heavy atom. The third-order valence-corrected chi connectivity index (χ3v) is 5.74. The van der Waals surface area contributed by atoms with Gasteiger partial charge >= 0.3 is 12.6 Å². The molecule has 0 radical (unpaired) electrons. The van der Waals surface area contributed by atoms with Crippen LogP contribution >= 0.6 is 0 Å². The maximum absolute atomic E-state index is 13.2. The average molecular weight is 497 g/mol. The van der Waals surface area contributed by atoms with Crippen molar-refractivity contribution in [3.63, 3.8) is 0 Å². The van der Waals surface area contributed by atoms with Crippen LogP contribution in [0, 0.1) is 6.92 Å². The van der Waals surface area contributed by atoms with E-state index in [1.165, 1.54) is 12.1 Å². The molecule has 2 N–H and O–H groups in total. The minimum absolute atomic E-state index is 0.0223. The molecule has 0 spiro atoms. The molecule has 36 heavy (non-hydrogen) atoms. The molecule has 0 fully saturated rings. The van der Waals surface area contributed by atoms with Gasteiger partial charge < -0.3 is 19.7 Å². The standard InChI is InChI=1S/C26H25F2N3O5/c1-14(2)31-11-10-19(30-31)17-6-4-16(5-7-17)12-18-15(3)23-21(35-13-22(33)34)9-8-20(32)24(23)29-25(18)36-26(27)28/h4-11,14,26,32H,12-13H2,1-3H3,(H,33,34). The summed E-state index contributed by atoms with van der Waals surface area (Å²) < 4.78 is 38.4. The second-order valence-corrected chi connectivity index (χ2v) is 8.54. The zero-order valence-corrected chi connectivity index (χ0v) is 19.9. The van der Waals surface area contributed by atoms with Gasteiger partial charge in [0.2, 0.25) is 5.88 Å². The first kappa shape index (κ1) is 24.9. The van der Waals surface area contributed by atoms with Gasteiger partial charge in [-0.05, 0) is 50.1 Å². The lowest BCUT2D eigenvalue weighted by Crippen LogP contribution is -2.11. The molecule has 10 heteroatoms. The number of carboxylic acid groups (broad SMARTS) is 1. The number of phenols is 1. The normalized spacial score (nSPS) is 11.4. The summed E-state index contributed by atoms with van der Waals surface area (Å²) in [5, 5.41) is 24.2. The molecule has 0 saturated carbocycles. The van der Waals surface area contributed by atoms with Crippen LogP contribution in [0.2, 0.25) is 0 Å². The summed E-state index contributed by atoms with van der Waals surface area (Å²) in [5.41, 5.74) is 3.35. The zero-order chi connectivity index (χ0) is 26.0. The number of nitrogens with zero attached hydrogens (tertiary/aromatic N) is 3. The van der Waals surface area contributed by atoms with Crippen LogP contribution in [0.3, 0.4) is 0 Å². The molecule has 0 saturated heterocycles. The molecule has 4 rings (SSSR count). The molecule has 8 nitrogen and oxygen atoms in total. The van der Waals surface area contributed by atoms with Gasteiger partial charge in [0.25, 0.3) is 0 Å². The smallest absolute Gasteiger partial charge is 0.388 e. The van der Waals surface area contributed by atoms with E-state index in [0.29, 0.717) is 16.5 Å². The number of alkyl halides is 2. The Morgan fingerprint density at radius 1 is 1.11 bits per heavy atom. The molecule has 2 aromatic heterocycles. The van der Waals surface area contributed by atoms with Crippen LogP contribution in [-0.2, 0) is 11.2 Å². The van der Waals surface area contributed by atoms with Crippen LogP contribution in [0.25, 0.3) is 22.2 Å². The number of aryl methyl sites for hydroxylation is 1. The van der Waals surface area contributed by atoms with E-state index in [0.717, 1.165) is 16.8 Å². The van der Waals surface area contributed by atoms with Crippen molar-refractivity contribution in [1.82, 2.24) is 14.8 Å². The predicted molar refractivity (Wildman–Crippen MR) is 129 cm³/mol. The first-order valence-corrected chi connectivity index (χ1v) is 11.2. The van der Waals surface area contributed by atoms with Gasteiger partial charge in [0, 0.05) is 35.2 Å². The third kappa shape index (κ3) is 5.22. The summed E-state index contributed by atoms with van der Waals surface area (Å²) >= 11 is 0. The number of hydrogen-bond acceptors (Lipinski definition) is 6. The van der Waals surface area contributed by atoms with E-state index in [1.54, 1.807) is 6.92 Å². The van der Waals surface area contributed by atoms with Gasteiger partial charge in [-0.1, -0.05) is 24.3 Å². The lowest BCUT2D eigenvalue weighted by Gasteiger charge is -2.18. The Hall–Kier alpha value is -4.21. The monoisotopic (exact) mass is 497 g/mol. The highest BCUT2D eigenvalue weighted by Gasteiger charge is 2.22. The number of aliphatic carboxylic acids is 1. The van der Waals surface area contributed by atoms with Gasteiger partial charge in [-0.25, -0.2) is 9.78 Å². The lowest BCUT2D eigenvalue weighted by molar-refractivity contribution is -0.139. The summed E-state index contributed by atoms with van der Waals surface area (Å²) in [6.45, 7) is 2.00. The number of rotatable bonds is 9. The predicted octanol–water partition coefficient (Wildman–Crippen LogP) is 5.35. The Balaban J connectivity index is 1.75. The summed E-state index contributed by atoms with van der Waals surface area (Å²) in [7, 11) is 0. The second kappa shape index (κ2) is 10.2. The van der Waals surface area contributed by atoms with E-state index in [-0.39, 0.29) is 35.4 Å². The van der Waals surface area contributed by atoms with Crippen molar-refractivity contribution in [1.29, 1.82) is 0 Å². The Bertz CT molecular complexity index is 1400. The van der Waals surface area contributed by atoms with Crippen molar-refractivity contribution in [2.24, 2.45) is 0 Å². The first-order chi connectivity index (χ1) is 17.1. The van der Waals surface area contributed by atoms with E-state index in [1.807, 2.05) is 55.1 Å². The van der Waals surface area contributed by atoms with Crippen molar-refractivity contribution in [3.8, 4) is 28.6 Å². The van der Waals surface area contributed by atoms with Gasteiger partial charge in [0.15, 0.2) is 6.61 Å². The van der Waals surface area contributed by atoms with Crippen LogP contribution in [0.4, 0.5) is 8.78 Å². The topological polar surface area (TPSA) is 107 Å². The maximum Gasteiger partial charge on any atom is 0.388 e. The number of halogens is 2. The number of benzene rings is 2. The number of hydrogen-bond donors (Lipinski definition) is 2. The molecule has 0 bridgehead atoms. The minimum Gasteiger partial charge on any atom is -0.506 e. The molecular weight excluding hydrogens is 472 g/mol. The number of fused-ring (bicyclic) bond motifs is 1. The van der Waals surface area contributed by atoms with Crippen molar-refractivity contribution in [2.75, 3.05) is 6.61 Å². The number of pyridine rings is 1. The Morgan fingerprint density at radius 3 is 2.44 bits per heavy atom. The van der Waals surface area contributed by atoms with Gasteiger partial charge in [0.1, 0.15) is 17.0 Å². The number of phenolic OH excluding ortho intramolecular Hbond substituents is 1. The lowest BCUT2D eigenvalue weighted by atomic mass is 9.96. The molecule has 4 aromatic rings. The molecular formula is C26H25F2N3O5. The van der Waals surface area contributed by atoms with Crippen LogP contribution < -0.4 is 9.47 Å². The zero-order valence-electron chi connectivity index (χ0n) is 19.9. The molecule has 0 unspecified atom stereocenters. The molecule has 0 amide bonds. The van der Waals surface area contributed by atoms with Crippen LogP contribution in [0.1, 0.15) is 36.6 Å². The van der Waals surface area contributed by atoms with Crippen molar-refractivity contribution in [2.45, 2.75) is 39.8 Å². The summed E-state index contributed by atoms with van der Waals surface area (Å²) in [4.78, 5) is 15.2. The quantitative estimate of drug-likeness (QED) is 0.321. The number of ether oxygens (including phenoxy) is 2. The molecule has 2 heterocycles. The average Bonchev–Trinajstić information content (AvgIpc) is 3.32. The Labute approximate surface area is 205 Å². The number of carbonyl (C=O) groups is 1. The number of aromatic nitrogens is 3. The van der Waals surface area contributed by atoms with Gasteiger partial charge in [-0.15, -0.1) is 0 Å². The largest absolute Gasteiger partial charge is 0.506 e. The fourth-order valence-electron chi connectivity index (χ4n) is 3.94. The molecule has 0 atom stereocenters. The second-order valence-electron chi connectivity index (χ2n) is 8.54. The maximum atomic E-state index is 13.2. The van der Waals surface area contributed by atoms with E-state index >= 15 is 0 Å². The summed E-state index contributed by atoms with van der Waals surface area (Å²) in [6, 6.07) is 12.4. The molecule has 0 aliphatic heterocycles. The number of carboxylic acids is 1. The van der Waals surface area contributed by atoms with Crippen LogP contribution in [-0.4, -0.2) is 44.2 Å². The Kier molecular flexibility index (Phi) is 7.05. The SMILES string of the molecule is Cc1c(Cc2ccc(-c3ccn(C(C)C)n3)cc2)c(OC(F)F)nc2c(O)ccc(OCC(=O)O)c12. The van der Waals surface area contributed by atoms with E-state index in [2.05, 4.69) is 10.1 Å². The summed E-state index contributed by atoms with van der Waals surface area (Å²) in [5.74, 6) is -1.61.